The molecule has 20 heavy (non-hydrogen) atoms. The Kier molecular flexibility index (Phi) is 3.93. The highest BCUT2D eigenvalue weighted by atomic mass is 35.5. The van der Waals surface area contributed by atoms with Gasteiger partial charge in [0.2, 0.25) is 0 Å². The van der Waals surface area contributed by atoms with Crippen molar-refractivity contribution in [3.8, 4) is 17.9 Å². The van der Waals surface area contributed by atoms with Crippen LogP contribution in [0.3, 0.4) is 0 Å². The smallest absolute Gasteiger partial charge is 0.334 e. The molecule has 0 unspecified atom stereocenters. The number of hydrogen-bond donors (Lipinski definition) is 0. The molecular formula is C14H9ClN2O3. The van der Waals surface area contributed by atoms with Crippen molar-refractivity contribution in [3.05, 3.63) is 41.3 Å². The van der Waals surface area contributed by atoms with Crippen molar-refractivity contribution in [1.29, 1.82) is 10.5 Å². The molecule has 0 amide bonds. The normalized spacial score (nSPS) is 16.1. The van der Waals surface area contributed by atoms with Crippen molar-refractivity contribution in [1.82, 2.24) is 0 Å². The molecule has 1 aliphatic rings. The summed E-state index contributed by atoms with van der Waals surface area (Å²) in [5, 5.41) is 17.3. The minimum Gasteiger partial charge on any atom is -0.424 e. The van der Waals surface area contributed by atoms with E-state index in [0.29, 0.717) is 18.6 Å². The molecule has 1 fully saturated rings. The number of nitrogens with zero attached hydrogens (tertiary/aromatic N) is 2. The largest absolute Gasteiger partial charge is 0.424 e. The summed E-state index contributed by atoms with van der Waals surface area (Å²) >= 11 is 5.67. The van der Waals surface area contributed by atoms with Crippen molar-refractivity contribution in [2.75, 3.05) is 0 Å². The predicted molar refractivity (Wildman–Crippen MR) is 68.9 cm³/mol. The number of benzene rings is 1. The van der Waals surface area contributed by atoms with Gasteiger partial charge in [-0.3, -0.25) is 0 Å². The highest BCUT2D eigenvalue weighted by Crippen LogP contribution is 2.46. The van der Waals surface area contributed by atoms with Gasteiger partial charge in [0.05, 0.1) is 6.07 Å². The van der Waals surface area contributed by atoms with Gasteiger partial charge in [-0.15, -0.1) is 0 Å². The minimum absolute atomic E-state index is 0.366. The zero-order valence-corrected chi connectivity index (χ0v) is 11.1. The molecule has 0 aromatic heterocycles. The standard InChI is InChI=1S/C14H9ClN2O3/c15-11(8-16)12(19-10-4-2-1-3-5-10)20-13(18)14(9-17)6-7-14/h1-5H,6-7H2/b12-11+. The topological polar surface area (TPSA) is 83.1 Å². The van der Waals surface area contributed by atoms with E-state index in [2.05, 4.69) is 0 Å². The van der Waals surface area contributed by atoms with E-state index in [-0.39, 0.29) is 0 Å². The first-order chi connectivity index (χ1) is 9.61. The average molecular weight is 289 g/mol. The summed E-state index contributed by atoms with van der Waals surface area (Å²) < 4.78 is 10.2. The quantitative estimate of drug-likeness (QED) is 0.483. The first-order valence-electron chi connectivity index (χ1n) is 5.77. The van der Waals surface area contributed by atoms with Crippen LogP contribution < -0.4 is 4.74 Å². The molecule has 0 spiro atoms. The SMILES string of the molecule is N#C/C(Cl)=C(\OC(=O)C1(C#N)CC1)Oc1ccccc1. The number of halogens is 1. The molecular weight excluding hydrogens is 280 g/mol. The number of nitriles is 2. The summed E-state index contributed by atoms with van der Waals surface area (Å²) in [5.41, 5.74) is -1.13. The van der Waals surface area contributed by atoms with Crippen LogP contribution in [-0.2, 0) is 9.53 Å². The van der Waals surface area contributed by atoms with E-state index in [1.807, 2.05) is 6.07 Å². The predicted octanol–water partition coefficient (Wildman–Crippen LogP) is 2.84. The van der Waals surface area contributed by atoms with Gasteiger partial charge in [0.15, 0.2) is 10.4 Å². The lowest BCUT2D eigenvalue weighted by atomic mass is 10.1. The molecule has 6 heteroatoms. The highest BCUT2D eigenvalue weighted by Gasteiger charge is 2.53. The number of allylic oxidation sites excluding steroid dienone is 1. The Bertz CT molecular complexity index is 637. The summed E-state index contributed by atoms with van der Waals surface area (Å²) in [6.45, 7) is 0. The van der Waals surface area contributed by atoms with Crippen LogP contribution in [0.5, 0.6) is 5.75 Å². The maximum atomic E-state index is 11.9. The summed E-state index contributed by atoms with van der Waals surface area (Å²) in [6, 6.07) is 12.0. The van der Waals surface area contributed by atoms with E-state index in [0.717, 1.165) is 0 Å². The maximum Gasteiger partial charge on any atom is 0.334 e. The number of hydrogen-bond acceptors (Lipinski definition) is 5. The number of carbonyl (C=O) groups excluding carboxylic acids is 1. The van der Waals surface area contributed by atoms with Gasteiger partial charge in [-0.2, -0.15) is 10.5 Å². The van der Waals surface area contributed by atoms with Crippen LogP contribution in [0, 0.1) is 28.1 Å². The van der Waals surface area contributed by atoms with E-state index in [1.54, 1.807) is 36.4 Å². The minimum atomic E-state index is -1.13. The maximum absolute atomic E-state index is 11.9. The molecule has 0 atom stereocenters. The lowest BCUT2D eigenvalue weighted by molar-refractivity contribution is -0.146. The van der Waals surface area contributed by atoms with E-state index >= 15 is 0 Å². The van der Waals surface area contributed by atoms with Crippen LogP contribution in [0.2, 0.25) is 0 Å². The van der Waals surface area contributed by atoms with Crippen LogP contribution in [0.1, 0.15) is 12.8 Å². The molecule has 0 radical (unpaired) electrons. The number of ether oxygens (including phenoxy) is 2. The van der Waals surface area contributed by atoms with Crippen LogP contribution in [-0.4, -0.2) is 5.97 Å². The van der Waals surface area contributed by atoms with Gasteiger partial charge in [0.25, 0.3) is 0 Å². The second-order valence-electron chi connectivity index (χ2n) is 4.21. The molecule has 2 rings (SSSR count). The molecule has 0 heterocycles. The van der Waals surface area contributed by atoms with Gasteiger partial charge in [-0.1, -0.05) is 29.8 Å². The van der Waals surface area contributed by atoms with Gasteiger partial charge < -0.3 is 9.47 Å². The van der Waals surface area contributed by atoms with Crippen molar-refractivity contribution in [3.63, 3.8) is 0 Å². The Balaban J connectivity index is 2.17. The third kappa shape index (κ3) is 2.90. The fourth-order valence-electron chi connectivity index (χ4n) is 1.42. The molecule has 5 nitrogen and oxygen atoms in total. The fraction of sp³-hybridized carbons (Fsp3) is 0.214. The van der Waals surface area contributed by atoms with Crippen molar-refractivity contribution in [2.24, 2.45) is 5.41 Å². The molecule has 0 saturated heterocycles. The van der Waals surface area contributed by atoms with E-state index in [4.69, 9.17) is 31.6 Å². The van der Waals surface area contributed by atoms with E-state index in [1.165, 1.54) is 0 Å². The average Bonchev–Trinajstić information content (AvgIpc) is 3.28. The van der Waals surface area contributed by atoms with Gasteiger partial charge in [-0.05, 0) is 25.0 Å². The molecule has 0 N–H and O–H groups in total. The summed E-state index contributed by atoms with van der Waals surface area (Å²) in [7, 11) is 0. The van der Waals surface area contributed by atoms with E-state index < -0.39 is 22.4 Å². The molecule has 1 aromatic rings. The zero-order chi connectivity index (χ0) is 14.6. The zero-order valence-electron chi connectivity index (χ0n) is 10.3. The van der Waals surface area contributed by atoms with Crippen LogP contribution in [0.4, 0.5) is 0 Å². The molecule has 1 aliphatic carbocycles. The van der Waals surface area contributed by atoms with Crippen LogP contribution >= 0.6 is 11.6 Å². The Hall–Kier alpha value is -2.50. The lowest BCUT2D eigenvalue weighted by Gasteiger charge is -2.11. The first-order valence-corrected chi connectivity index (χ1v) is 6.15. The lowest BCUT2D eigenvalue weighted by Crippen LogP contribution is -2.19. The molecule has 1 saturated carbocycles. The second-order valence-corrected chi connectivity index (χ2v) is 4.59. The monoisotopic (exact) mass is 288 g/mol. The molecule has 0 bridgehead atoms. The summed E-state index contributed by atoms with van der Waals surface area (Å²) in [4.78, 5) is 11.9. The molecule has 0 aliphatic heterocycles. The molecule has 1 aromatic carbocycles. The van der Waals surface area contributed by atoms with Gasteiger partial charge in [0, 0.05) is 0 Å². The Morgan fingerprint density at radius 2 is 1.90 bits per heavy atom. The number of para-hydroxylation sites is 1. The van der Waals surface area contributed by atoms with Crippen LogP contribution in [0.25, 0.3) is 0 Å². The van der Waals surface area contributed by atoms with Gasteiger partial charge >= 0.3 is 11.9 Å². The Morgan fingerprint density at radius 1 is 1.25 bits per heavy atom. The van der Waals surface area contributed by atoms with Gasteiger partial charge in [-0.25, -0.2) is 4.79 Å². The van der Waals surface area contributed by atoms with E-state index in [9.17, 15) is 4.79 Å². The Labute approximate surface area is 120 Å². The fourth-order valence-corrected chi connectivity index (χ4v) is 1.50. The molecule has 100 valence electrons. The summed E-state index contributed by atoms with van der Waals surface area (Å²) in [5.74, 6) is -0.795. The van der Waals surface area contributed by atoms with Gasteiger partial charge in [0.1, 0.15) is 11.8 Å². The first kappa shape index (κ1) is 13.9. The number of carbonyl (C=O) groups is 1. The third-order valence-corrected chi connectivity index (χ3v) is 3.01. The summed E-state index contributed by atoms with van der Waals surface area (Å²) in [6.07, 6.45) is 0.871. The van der Waals surface area contributed by atoms with Crippen molar-refractivity contribution >= 4 is 17.6 Å². The number of esters is 1. The van der Waals surface area contributed by atoms with Crippen LogP contribution in [0.15, 0.2) is 41.3 Å². The highest BCUT2D eigenvalue weighted by molar-refractivity contribution is 6.32. The third-order valence-electron chi connectivity index (χ3n) is 2.77. The van der Waals surface area contributed by atoms with Crippen molar-refractivity contribution in [2.45, 2.75) is 12.8 Å². The number of rotatable bonds is 4. The Morgan fingerprint density at radius 3 is 2.40 bits per heavy atom. The van der Waals surface area contributed by atoms with Crippen molar-refractivity contribution < 1.29 is 14.3 Å². The second kappa shape index (κ2) is 5.64.